The monoisotopic (exact) mass is 121 g/mol. The predicted octanol–water partition coefficient (Wildman–Crippen LogP) is 1.95. The lowest BCUT2D eigenvalue weighted by Gasteiger charge is -1.74. The SMILES string of the molecule is C[C](C)Br. The molecule has 1 heteroatoms. The van der Waals surface area contributed by atoms with Crippen molar-refractivity contribution in [3.05, 3.63) is 4.83 Å². The lowest BCUT2D eigenvalue weighted by atomic mass is 10.6. The molecule has 0 unspecified atom stereocenters. The van der Waals surface area contributed by atoms with E-state index in [4.69, 9.17) is 0 Å². The third-order valence-corrected chi connectivity index (χ3v) is 0. The van der Waals surface area contributed by atoms with Crippen LogP contribution in [0, 0.1) is 4.83 Å². The van der Waals surface area contributed by atoms with Crippen LogP contribution in [0.25, 0.3) is 0 Å². The van der Waals surface area contributed by atoms with E-state index < -0.39 is 0 Å². The van der Waals surface area contributed by atoms with Crippen LogP contribution in [-0.2, 0) is 0 Å². The Bertz CT molecular complexity index is 8.00. The Labute approximate surface area is 35.3 Å². The molecule has 0 aromatic rings. The van der Waals surface area contributed by atoms with E-state index in [0.29, 0.717) is 0 Å². The molecule has 0 spiro atoms. The summed E-state index contributed by atoms with van der Waals surface area (Å²) in [4.78, 5) is 1.23. The molecule has 0 heterocycles. The molecule has 0 amide bonds. The second-order valence-corrected chi connectivity index (χ2v) is 2.46. The molecule has 0 bridgehead atoms. The second-order valence-electron chi connectivity index (χ2n) is 0.878. The van der Waals surface area contributed by atoms with E-state index in [9.17, 15) is 0 Å². The van der Waals surface area contributed by atoms with E-state index in [2.05, 4.69) is 15.9 Å². The Kier molecular flexibility index (Phi) is 1.98. The van der Waals surface area contributed by atoms with Gasteiger partial charge >= 0.3 is 0 Å². The highest BCUT2D eigenvalue weighted by molar-refractivity contribution is 9.11. The third kappa shape index (κ3) is 23.6. The van der Waals surface area contributed by atoms with Gasteiger partial charge in [-0.1, -0.05) is 15.9 Å². The molecule has 0 fully saturated rings. The minimum absolute atomic E-state index is 1.23. The van der Waals surface area contributed by atoms with Crippen LogP contribution in [0.3, 0.4) is 0 Å². The molecular formula is C3H6Br. The molecule has 4 heavy (non-hydrogen) atoms. The van der Waals surface area contributed by atoms with Gasteiger partial charge < -0.3 is 0 Å². The van der Waals surface area contributed by atoms with Gasteiger partial charge in [0, 0.05) is 4.83 Å². The summed E-state index contributed by atoms with van der Waals surface area (Å²) in [6.07, 6.45) is 0. The third-order valence-electron chi connectivity index (χ3n) is 0. The van der Waals surface area contributed by atoms with Crippen molar-refractivity contribution in [1.29, 1.82) is 0 Å². The topological polar surface area (TPSA) is 0 Å². The highest BCUT2D eigenvalue weighted by Crippen LogP contribution is 2.01. The van der Waals surface area contributed by atoms with Crippen molar-refractivity contribution in [2.75, 3.05) is 0 Å². The zero-order chi connectivity index (χ0) is 3.58. The summed E-state index contributed by atoms with van der Waals surface area (Å²) in [6, 6.07) is 0. The maximum atomic E-state index is 3.19. The highest BCUT2D eigenvalue weighted by atomic mass is 79.9. The minimum atomic E-state index is 1.23. The molecule has 0 aliphatic carbocycles. The number of halogens is 1. The zero-order valence-electron chi connectivity index (χ0n) is 2.88. The summed E-state index contributed by atoms with van der Waals surface area (Å²) in [5, 5.41) is 0. The quantitative estimate of drug-likeness (QED) is 0.460. The van der Waals surface area contributed by atoms with Crippen molar-refractivity contribution in [3.63, 3.8) is 0 Å². The highest BCUT2D eigenvalue weighted by Gasteiger charge is 1.72. The van der Waals surface area contributed by atoms with Crippen LogP contribution in [0.1, 0.15) is 13.8 Å². The van der Waals surface area contributed by atoms with Crippen LogP contribution in [-0.4, -0.2) is 0 Å². The largest absolute Gasteiger partial charge is 0.0844 e. The van der Waals surface area contributed by atoms with Crippen molar-refractivity contribution >= 4 is 15.9 Å². The molecule has 0 aliphatic heterocycles. The molecule has 1 radical (unpaired) electrons. The average molecular weight is 122 g/mol. The van der Waals surface area contributed by atoms with Gasteiger partial charge in [-0.15, -0.1) is 0 Å². The Morgan fingerprint density at radius 1 is 1.50 bits per heavy atom. The van der Waals surface area contributed by atoms with Gasteiger partial charge in [0.25, 0.3) is 0 Å². The van der Waals surface area contributed by atoms with Crippen LogP contribution in [0.2, 0.25) is 0 Å². The Balaban J connectivity index is 2.32. The Morgan fingerprint density at radius 3 is 1.50 bits per heavy atom. The van der Waals surface area contributed by atoms with E-state index in [1.54, 1.807) is 0 Å². The van der Waals surface area contributed by atoms with Crippen LogP contribution in [0.5, 0.6) is 0 Å². The maximum Gasteiger partial charge on any atom is 0.0349 e. The van der Waals surface area contributed by atoms with Gasteiger partial charge in [0.15, 0.2) is 0 Å². The lowest BCUT2D eigenvalue weighted by molar-refractivity contribution is 1.36. The molecule has 0 aromatic heterocycles. The van der Waals surface area contributed by atoms with Gasteiger partial charge in [0.2, 0.25) is 0 Å². The molecule has 0 saturated carbocycles. The standard InChI is InChI=1S/C3H6Br/c1-3(2)4/h1-2H3. The summed E-state index contributed by atoms with van der Waals surface area (Å²) >= 11 is 3.19. The number of hydrogen-bond donors (Lipinski definition) is 0. The summed E-state index contributed by atoms with van der Waals surface area (Å²) in [5.74, 6) is 0. The molecule has 0 N–H and O–H groups in total. The Morgan fingerprint density at radius 2 is 1.50 bits per heavy atom. The fraction of sp³-hybridized carbons (Fsp3) is 0.667. The zero-order valence-corrected chi connectivity index (χ0v) is 4.46. The predicted molar refractivity (Wildman–Crippen MR) is 23.5 cm³/mol. The first kappa shape index (κ1) is 4.48. The number of rotatable bonds is 0. The van der Waals surface area contributed by atoms with Gasteiger partial charge in [-0.2, -0.15) is 0 Å². The fourth-order valence-corrected chi connectivity index (χ4v) is 0. The van der Waals surface area contributed by atoms with Gasteiger partial charge in [0.05, 0.1) is 0 Å². The smallest absolute Gasteiger partial charge is 0.0349 e. The van der Waals surface area contributed by atoms with E-state index in [1.807, 2.05) is 13.8 Å². The van der Waals surface area contributed by atoms with Crippen molar-refractivity contribution in [1.82, 2.24) is 0 Å². The van der Waals surface area contributed by atoms with Gasteiger partial charge in [0.1, 0.15) is 0 Å². The molecule has 0 aliphatic rings. The first-order valence-corrected chi connectivity index (χ1v) is 1.98. The van der Waals surface area contributed by atoms with Gasteiger partial charge in [-0.05, 0) is 13.8 Å². The molecule has 0 atom stereocenters. The van der Waals surface area contributed by atoms with E-state index >= 15 is 0 Å². The van der Waals surface area contributed by atoms with Crippen LogP contribution in [0.15, 0.2) is 0 Å². The van der Waals surface area contributed by atoms with E-state index in [1.165, 1.54) is 4.83 Å². The lowest BCUT2D eigenvalue weighted by Crippen LogP contribution is -1.53. The molecular weight excluding hydrogens is 116 g/mol. The molecule has 25 valence electrons. The van der Waals surface area contributed by atoms with Gasteiger partial charge in [-0.25, -0.2) is 0 Å². The second kappa shape index (κ2) is 1.77. The van der Waals surface area contributed by atoms with Crippen molar-refractivity contribution in [3.8, 4) is 0 Å². The number of hydrogen-bond acceptors (Lipinski definition) is 0. The first-order valence-electron chi connectivity index (χ1n) is 1.19. The molecule has 0 saturated heterocycles. The maximum absolute atomic E-state index is 3.19. The van der Waals surface area contributed by atoms with Crippen LogP contribution >= 0.6 is 15.9 Å². The summed E-state index contributed by atoms with van der Waals surface area (Å²) in [6.45, 7) is 4.00. The summed E-state index contributed by atoms with van der Waals surface area (Å²) in [7, 11) is 0. The fourth-order valence-electron chi connectivity index (χ4n) is 0. The first-order chi connectivity index (χ1) is 1.73. The minimum Gasteiger partial charge on any atom is -0.0844 e. The molecule has 0 rings (SSSR count). The van der Waals surface area contributed by atoms with Crippen molar-refractivity contribution in [2.24, 2.45) is 0 Å². The van der Waals surface area contributed by atoms with Crippen LogP contribution in [0.4, 0.5) is 0 Å². The molecule has 0 aromatic carbocycles. The average Bonchev–Trinajstić information content (AvgIpc) is 0.811. The van der Waals surface area contributed by atoms with E-state index in [0.717, 1.165) is 0 Å². The normalized spacial score (nSPS) is 9.00. The summed E-state index contributed by atoms with van der Waals surface area (Å²) < 4.78 is 0. The Hall–Kier alpha value is 0.480. The molecule has 0 nitrogen and oxygen atoms in total. The van der Waals surface area contributed by atoms with Crippen molar-refractivity contribution < 1.29 is 0 Å². The van der Waals surface area contributed by atoms with Gasteiger partial charge in [-0.3, -0.25) is 0 Å². The summed E-state index contributed by atoms with van der Waals surface area (Å²) in [5.41, 5.74) is 0. The van der Waals surface area contributed by atoms with Crippen LogP contribution < -0.4 is 0 Å². The van der Waals surface area contributed by atoms with E-state index in [-0.39, 0.29) is 0 Å². The van der Waals surface area contributed by atoms with Crippen molar-refractivity contribution in [2.45, 2.75) is 13.8 Å².